The van der Waals surface area contributed by atoms with E-state index in [2.05, 4.69) is 24.1 Å². The van der Waals surface area contributed by atoms with Crippen molar-refractivity contribution in [3.63, 3.8) is 0 Å². The molecule has 0 radical (unpaired) electrons. The Hall–Kier alpha value is -1.62. The summed E-state index contributed by atoms with van der Waals surface area (Å²) in [5.41, 5.74) is 2.86. The zero-order chi connectivity index (χ0) is 16.8. The van der Waals surface area contributed by atoms with E-state index in [1.165, 1.54) is 0 Å². The highest BCUT2D eigenvalue weighted by molar-refractivity contribution is 6.04. The molecule has 2 atom stereocenters. The average molecular weight is 318 g/mol. The largest absolute Gasteiger partial charge is 0.376 e. The number of aromatic amines is 1. The van der Waals surface area contributed by atoms with Gasteiger partial charge < -0.3 is 15.0 Å². The van der Waals surface area contributed by atoms with Gasteiger partial charge in [0.05, 0.1) is 12.1 Å². The van der Waals surface area contributed by atoms with E-state index in [0.29, 0.717) is 12.1 Å². The summed E-state index contributed by atoms with van der Waals surface area (Å²) in [7, 11) is 0. The summed E-state index contributed by atoms with van der Waals surface area (Å²) in [5, 5.41) is 3.02. The molecule has 23 heavy (non-hydrogen) atoms. The van der Waals surface area contributed by atoms with Gasteiger partial charge >= 0.3 is 0 Å². The van der Waals surface area contributed by atoms with Crippen LogP contribution >= 0.6 is 0 Å². The first-order valence-electron chi connectivity index (χ1n) is 8.45. The fraction of sp³-hybridized carbons (Fsp3) is 0.667. The van der Waals surface area contributed by atoms with Gasteiger partial charge in [-0.2, -0.15) is 0 Å². The van der Waals surface area contributed by atoms with Crippen molar-refractivity contribution in [1.82, 2.24) is 10.3 Å². The van der Waals surface area contributed by atoms with Gasteiger partial charge in [-0.3, -0.25) is 9.59 Å². The Kier molecular flexibility index (Phi) is 4.08. The molecule has 5 nitrogen and oxygen atoms in total. The Morgan fingerprint density at radius 1 is 1.39 bits per heavy atom. The summed E-state index contributed by atoms with van der Waals surface area (Å²) in [6.45, 7) is 8.77. The first-order chi connectivity index (χ1) is 10.8. The summed E-state index contributed by atoms with van der Waals surface area (Å²) >= 11 is 0. The molecular weight excluding hydrogens is 292 g/mol. The van der Waals surface area contributed by atoms with Crippen LogP contribution in [0, 0.1) is 12.3 Å². The van der Waals surface area contributed by atoms with Crippen LogP contribution in [0.4, 0.5) is 0 Å². The summed E-state index contributed by atoms with van der Waals surface area (Å²) in [6, 6.07) is -0.0307. The molecule has 1 saturated heterocycles. The fourth-order valence-corrected chi connectivity index (χ4v) is 3.83. The minimum atomic E-state index is -0.148. The molecule has 0 spiro atoms. The molecule has 3 rings (SSSR count). The number of fused-ring (bicyclic) bond motifs is 1. The SMILES string of the molecule is Cc1c(C(=O)N[C@H](C)[C@@H]2CCCO2)[nH]c2c1C(=O)CC(C)(C)C2. The molecule has 1 aliphatic carbocycles. The number of ether oxygens (including phenoxy) is 1. The zero-order valence-electron chi connectivity index (χ0n) is 14.4. The second-order valence-electron chi connectivity index (χ2n) is 7.73. The zero-order valence-corrected chi connectivity index (χ0v) is 14.4. The van der Waals surface area contributed by atoms with Crippen LogP contribution in [0.15, 0.2) is 0 Å². The van der Waals surface area contributed by atoms with E-state index in [9.17, 15) is 9.59 Å². The van der Waals surface area contributed by atoms with E-state index in [4.69, 9.17) is 4.74 Å². The highest BCUT2D eigenvalue weighted by Gasteiger charge is 2.35. The minimum Gasteiger partial charge on any atom is -0.376 e. The molecule has 2 heterocycles. The summed E-state index contributed by atoms with van der Waals surface area (Å²) in [5.74, 6) is -0.0123. The number of hydrogen-bond acceptors (Lipinski definition) is 3. The maximum Gasteiger partial charge on any atom is 0.268 e. The third kappa shape index (κ3) is 3.07. The highest BCUT2D eigenvalue weighted by atomic mass is 16.5. The summed E-state index contributed by atoms with van der Waals surface area (Å²) in [6.07, 6.45) is 3.44. The smallest absolute Gasteiger partial charge is 0.268 e. The lowest BCUT2D eigenvalue weighted by Crippen LogP contribution is -2.41. The van der Waals surface area contributed by atoms with Crippen LogP contribution in [0.1, 0.15) is 72.1 Å². The summed E-state index contributed by atoms with van der Waals surface area (Å²) in [4.78, 5) is 28.2. The van der Waals surface area contributed by atoms with Crippen molar-refractivity contribution >= 4 is 11.7 Å². The van der Waals surface area contributed by atoms with Crippen LogP contribution < -0.4 is 5.32 Å². The molecular formula is C18H26N2O3. The van der Waals surface area contributed by atoms with Crippen molar-refractivity contribution in [2.75, 3.05) is 6.61 Å². The van der Waals surface area contributed by atoms with Gasteiger partial charge in [-0.1, -0.05) is 13.8 Å². The van der Waals surface area contributed by atoms with Gasteiger partial charge in [0, 0.05) is 24.3 Å². The van der Waals surface area contributed by atoms with Gasteiger partial charge in [0.2, 0.25) is 0 Å². The Bertz CT molecular complexity index is 639. The number of aromatic nitrogens is 1. The third-order valence-electron chi connectivity index (χ3n) is 5.01. The molecule has 2 N–H and O–H groups in total. The van der Waals surface area contributed by atoms with E-state index in [-0.39, 0.29) is 29.3 Å². The van der Waals surface area contributed by atoms with E-state index < -0.39 is 0 Å². The number of rotatable bonds is 3. The first-order valence-corrected chi connectivity index (χ1v) is 8.45. The lowest BCUT2D eigenvalue weighted by molar-refractivity contribution is 0.0709. The number of ketones is 1. The van der Waals surface area contributed by atoms with Gasteiger partial charge in [-0.05, 0) is 44.1 Å². The number of carbonyl (C=O) groups excluding carboxylic acids is 2. The molecule has 5 heteroatoms. The normalized spacial score (nSPS) is 24.3. The van der Waals surface area contributed by atoms with E-state index >= 15 is 0 Å². The molecule has 0 bridgehead atoms. The number of hydrogen-bond donors (Lipinski definition) is 2. The van der Waals surface area contributed by atoms with Gasteiger partial charge in [0.15, 0.2) is 5.78 Å². The van der Waals surface area contributed by atoms with Crippen molar-refractivity contribution in [1.29, 1.82) is 0 Å². The van der Waals surface area contributed by atoms with Crippen LogP contribution in [-0.4, -0.2) is 35.4 Å². The van der Waals surface area contributed by atoms with Gasteiger partial charge in [0.25, 0.3) is 5.91 Å². The summed E-state index contributed by atoms with van der Waals surface area (Å²) < 4.78 is 5.63. The topological polar surface area (TPSA) is 71.2 Å². The van der Waals surface area contributed by atoms with Gasteiger partial charge in [-0.15, -0.1) is 0 Å². The predicted molar refractivity (Wildman–Crippen MR) is 87.9 cm³/mol. The van der Waals surface area contributed by atoms with Crippen molar-refractivity contribution < 1.29 is 14.3 Å². The van der Waals surface area contributed by atoms with Crippen molar-refractivity contribution in [2.24, 2.45) is 5.41 Å². The van der Waals surface area contributed by atoms with E-state index in [1.807, 2.05) is 13.8 Å². The molecule has 1 fully saturated rings. The molecule has 1 amide bonds. The van der Waals surface area contributed by atoms with Gasteiger partial charge in [-0.25, -0.2) is 0 Å². The Balaban J connectivity index is 1.81. The Labute approximate surface area is 137 Å². The Morgan fingerprint density at radius 3 is 2.78 bits per heavy atom. The highest BCUT2D eigenvalue weighted by Crippen LogP contribution is 2.36. The van der Waals surface area contributed by atoms with Crippen LogP contribution in [0.2, 0.25) is 0 Å². The average Bonchev–Trinajstić information content (AvgIpc) is 3.05. The lowest BCUT2D eigenvalue weighted by atomic mass is 9.75. The van der Waals surface area contributed by atoms with Gasteiger partial charge in [0.1, 0.15) is 5.69 Å². The fourth-order valence-electron chi connectivity index (χ4n) is 3.83. The van der Waals surface area contributed by atoms with Crippen LogP contribution in [0.3, 0.4) is 0 Å². The van der Waals surface area contributed by atoms with Crippen LogP contribution in [0.25, 0.3) is 0 Å². The van der Waals surface area contributed by atoms with E-state index in [0.717, 1.165) is 42.7 Å². The maximum atomic E-state index is 12.6. The van der Waals surface area contributed by atoms with Crippen LogP contribution in [-0.2, 0) is 11.2 Å². The second-order valence-corrected chi connectivity index (χ2v) is 7.73. The molecule has 0 saturated carbocycles. The molecule has 1 aliphatic heterocycles. The second kappa shape index (κ2) is 5.78. The molecule has 126 valence electrons. The number of nitrogens with one attached hydrogen (secondary N) is 2. The number of H-pyrrole nitrogens is 1. The molecule has 2 aliphatic rings. The van der Waals surface area contributed by atoms with E-state index in [1.54, 1.807) is 0 Å². The number of Topliss-reactive ketones (excluding diaryl/α,β-unsaturated/α-hetero) is 1. The monoisotopic (exact) mass is 318 g/mol. The van der Waals surface area contributed by atoms with Crippen LogP contribution in [0.5, 0.6) is 0 Å². The maximum absolute atomic E-state index is 12.6. The first kappa shape index (κ1) is 16.2. The lowest BCUT2D eigenvalue weighted by Gasteiger charge is -2.28. The molecule has 0 unspecified atom stereocenters. The van der Waals surface area contributed by atoms with Crippen molar-refractivity contribution in [2.45, 2.75) is 65.5 Å². The third-order valence-corrected chi connectivity index (χ3v) is 5.01. The molecule has 1 aromatic rings. The van der Waals surface area contributed by atoms with Crippen molar-refractivity contribution in [3.05, 3.63) is 22.5 Å². The quantitative estimate of drug-likeness (QED) is 0.900. The molecule has 0 aromatic carbocycles. The standard InChI is InChI=1S/C18H26N2O3/c1-10-15-12(8-18(3,4)9-13(15)21)20-16(10)17(22)19-11(2)14-6-5-7-23-14/h11,14,20H,5-9H2,1-4H3,(H,19,22)/t11-,14+/m1/s1. The Morgan fingerprint density at radius 2 is 2.13 bits per heavy atom. The predicted octanol–water partition coefficient (Wildman–Crippen LogP) is 2.78. The molecule has 1 aromatic heterocycles. The number of amides is 1. The minimum absolute atomic E-state index is 0.0307. The van der Waals surface area contributed by atoms with Crippen molar-refractivity contribution in [3.8, 4) is 0 Å². The number of carbonyl (C=O) groups is 2.